The van der Waals surface area contributed by atoms with Crippen LogP contribution in [0.1, 0.15) is 19.8 Å². The van der Waals surface area contributed by atoms with Gasteiger partial charge in [0.15, 0.2) is 0 Å². The lowest BCUT2D eigenvalue weighted by molar-refractivity contribution is -0.107. The fourth-order valence-electron chi connectivity index (χ4n) is 0.118. The van der Waals surface area contributed by atoms with Gasteiger partial charge in [-0.1, -0.05) is 6.92 Å². The van der Waals surface area contributed by atoms with Crippen molar-refractivity contribution in [1.82, 2.24) is 0 Å². The van der Waals surface area contributed by atoms with Crippen LogP contribution < -0.4 is 0 Å². The first-order chi connectivity index (χ1) is 2.41. The van der Waals surface area contributed by atoms with Crippen molar-refractivity contribution in [3.63, 3.8) is 0 Å². The maximum Gasteiger partial charge on any atom is 0.119 e. The first-order valence-corrected chi connectivity index (χ1v) is 1.85. The van der Waals surface area contributed by atoms with E-state index in [4.69, 9.17) is 0 Å². The van der Waals surface area contributed by atoms with Gasteiger partial charge in [-0.2, -0.15) is 0 Å². The molecule has 0 N–H and O–H groups in total. The Kier molecular flexibility index (Phi) is 75.8. The predicted molar refractivity (Wildman–Crippen MR) is 42.7 cm³/mol. The molecule has 0 heterocycles. The topological polar surface area (TPSA) is 17.1 Å². The van der Waals surface area contributed by atoms with Crippen LogP contribution in [-0.4, -0.2) is 6.29 Å². The molecule has 0 fully saturated rings. The van der Waals surface area contributed by atoms with Gasteiger partial charge in [0.1, 0.15) is 6.29 Å². The van der Waals surface area contributed by atoms with E-state index in [0.29, 0.717) is 6.42 Å². The van der Waals surface area contributed by atoms with E-state index in [1.165, 1.54) is 0 Å². The van der Waals surface area contributed by atoms with E-state index in [1.807, 2.05) is 6.92 Å². The van der Waals surface area contributed by atoms with Crippen molar-refractivity contribution in [2.75, 3.05) is 0 Å². The summed E-state index contributed by atoms with van der Waals surface area (Å²) in [5, 5.41) is 0. The molecule has 0 aliphatic carbocycles. The lowest BCUT2D eigenvalue weighted by Crippen LogP contribution is -1.64. The van der Waals surface area contributed by atoms with E-state index in [2.05, 4.69) is 0 Å². The van der Waals surface area contributed by atoms with Crippen molar-refractivity contribution >= 4 is 43.5 Å². The van der Waals surface area contributed by atoms with Crippen LogP contribution in [0.4, 0.5) is 0 Å². The van der Waals surface area contributed by atoms with Crippen molar-refractivity contribution in [2.45, 2.75) is 19.8 Å². The van der Waals surface area contributed by atoms with Crippen LogP contribution in [0.5, 0.6) is 0 Å². The van der Waals surface area contributed by atoms with Gasteiger partial charge in [-0.25, -0.2) is 0 Å². The Labute approximate surface area is 68.5 Å². The summed E-state index contributed by atoms with van der Waals surface area (Å²) in [5.41, 5.74) is 0. The summed E-state index contributed by atoms with van der Waals surface area (Å²) in [4.78, 5) is 9.40. The third kappa shape index (κ3) is 31.1. The number of rotatable bonds is 2. The number of carbonyl (C=O) groups is 1. The second-order valence-corrected chi connectivity index (χ2v) is 0.955. The highest BCUT2D eigenvalue weighted by atomic mass is 35.5. The van der Waals surface area contributed by atoms with Gasteiger partial charge in [-0.15, -0.1) is 37.2 Å². The quantitative estimate of drug-likeness (QED) is 0.597. The molecule has 0 unspecified atom stereocenters. The molecule has 0 aliphatic heterocycles. The van der Waals surface area contributed by atoms with Gasteiger partial charge in [-0.3, -0.25) is 0 Å². The molecule has 0 saturated carbocycles. The molecular formula is C4H11Cl3O. The molecule has 0 atom stereocenters. The van der Waals surface area contributed by atoms with Gasteiger partial charge in [0.05, 0.1) is 0 Å². The lowest BCUT2D eigenvalue weighted by Gasteiger charge is -1.68. The van der Waals surface area contributed by atoms with Crippen LogP contribution in [-0.2, 0) is 4.79 Å². The number of hydrogen-bond donors (Lipinski definition) is 0. The number of unbranched alkanes of at least 4 members (excludes halogenated alkanes) is 1. The molecule has 0 bridgehead atoms. The maximum absolute atomic E-state index is 9.40. The summed E-state index contributed by atoms with van der Waals surface area (Å²) in [6, 6.07) is 0. The molecule has 8 heavy (non-hydrogen) atoms. The minimum atomic E-state index is 0. The van der Waals surface area contributed by atoms with E-state index in [0.717, 1.165) is 12.7 Å². The summed E-state index contributed by atoms with van der Waals surface area (Å²) >= 11 is 0. The minimum absolute atomic E-state index is 0. The summed E-state index contributed by atoms with van der Waals surface area (Å²) in [6.07, 6.45) is 2.61. The first kappa shape index (κ1) is 23.6. The van der Waals surface area contributed by atoms with Crippen LogP contribution in [0.2, 0.25) is 0 Å². The van der Waals surface area contributed by atoms with Crippen molar-refractivity contribution < 1.29 is 4.79 Å². The number of carbonyl (C=O) groups excluding carboxylic acids is 1. The zero-order valence-electron chi connectivity index (χ0n) is 4.62. The number of hydrogen-bond acceptors (Lipinski definition) is 1. The maximum atomic E-state index is 9.40. The third-order valence-corrected chi connectivity index (χ3v) is 0.407. The predicted octanol–water partition coefficient (Wildman–Crippen LogP) is 2.25. The normalized spacial score (nSPS) is 4.62. The van der Waals surface area contributed by atoms with Gasteiger partial charge < -0.3 is 4.79 Å². The Morgan fingerprint density at radius 3 is 1.62 bits per heavy atom. The Morgan fingerprint density at radius 2 is 1.62 bits per heavy atom. The fraction of sp³-hybridized carbons (Fsp3) is 0.750. The highest BCUT2D eigenvalue weighted by molar-refractivity contribution is 5.86. The smallest absolute Gasteiger partial charge is 0.119 e. The molecule has 0 rings (SSSR count). The van der Waals surface area contributed by atoms with Crippen molar-refractivity contribution in [2.24, 2.45) is 0 Å². The second-order valence-electron chi connectivity index (χ2n) is 0.955. The van der Waals surface area contributed by atoms with Crippen LogP contribution in [0.25, 0.3) is 0 Å². The molecule has 54 valence electrons. The van der Waals surface area contributed by atoms with E-state index < -0.39 is 0 Å². The Balaban J connectivity index is -0.0000000267. The van der Waals surface area contributed by atoms with Gasteiger partial charge in [0, 0.05) is 6.42 Å². The van der Waals surface area contributed by atoms with E-state index in [-0.39, 0.29) is 37.2 Å². The summed E-state index contributed by atoms with van der Waals surface area (Å²) in [7, 11) is 0. The zero-order chi connectivity index (χ0) is 4.12. The zero-order valence-corrected chi connectivity index (χ0v) is 7.07. The monoisotopic (exact) mass is 180 g/mol. The fourth-order valence-corrected chi connectivity index (χ4v) is 0.118. The highest BCUT2D eigenvalue weighted by Crippen LogP contribution is 1.74. The minimum Gasteiger partial charge on any atom is -0.303 e. The first-order valence-electron chi connectivity index (χ1n) is 1.85. The average molecular weight is 181 g/mol. The lowest BCUT2D eigenvalue weighted by atomic mass is 10.4. The largest absolute Gasteiger partial charge is 0.303 e. The third-order valence-electron chi connectivity index (χ3n) is 0.407. The van der Waals surface area contributed by atoms with Crippen LogP contribution >= 0.6 is 37.2 Å². The molecule has 0 radical (unpaired) electrons. The highest BCUT2D eigenvalue weighted by Gasteiger charge is 1.66. The van der Waals surface area contributed by atoms with Crippen molar-refractivity contribution in [3.8, 4) is 0 Å². The molecule has 0 amide bonds. The van der Waals surface area contributed by atoms with Crippen LogP contribution in [0.15, 0.2) is 0 Å². The summed E-state index contributed by atoms with van der Waals surface area (Å²) in [6.45, 7) is 1.98. The van der Waals surface area contributed by atoms with Gasteiger partial charge in [-0.05, 0) is 6.42 Å². The SMILES string of the molecule is CCCC=O.Cl.Cl.Cl. The van der Waals surface area contributed by atoms with Crippen LogP contribution in [0, 0.1) is 0 Å². The van der Waals surface area contributed by atoms with Crippen molar-refractivity contribution in [3.05, 3.63) is 0 Å². The molecule has 0 aliphatic rings. The Morgan fingerprint density at radius 1 is 1.25 bits per heavy atom. The Hall–Kier alpha value is 0.540. The van der Waals surface area contributed by atoms with E-state index in [9.17, 15) is 4.79 Å². The standard InChI is InChI=1S/C4H8O.3ClH/c1-2-3-4-5;;;/h4H,2-3H2,1H3;3*1H. The molecular weight excluding hydrogens is 170 g/mol. The van der Waals surface area contributed by atoms with Gasteiger partial charge in [0.25, 0.3) is 0 Å². The summed E-state index contributed by atoms with van der Waals surface area (Å²) < 4.78 is 0. The molecule has 0 aromatic carbocycles. The van der Waals surface area contributed by atoms with Crippen molar-refractivity contribution in [1.29, 1.82) is 0 Å². The second kappa shape index (κ2) is 25.7. The molecule has 1 nitrogen and oxygen atoms in total. The molecule has 0 aromatic heterocycles. The molecule has 4 heteroatoms. The number of halogens is 3. The van der Waals surface area contributed by atoms with E-state index >= 15 is 0 Å². The molecule has 0 saturated heterocycles. The van der Waals surface area contributed by atoms with E-state index in [1.54, 1.807) is 0 Å². The number of aldehydes is 1. The molecule has 0 aromatic rings. The van der Waals surface area contributed by atoms with Gasteiger partial charge in [0.2, 0.25) is 0 Å². The summed E-state index contributed by atoms with van der Waals surface area (Å²) in [5.74, 6) is 0. The molecule has 0 spiro atoms. The van der Waals surface area contributed by atoms with Gasteiger partial charge >= 0.3 is 0 Å². The van der Waals surface area contributed by atoms with Crippen LogP contribution in [0.3, 0.4) is 0 Å². The Bertz CT molecular complexity index is 32.5. The average Bonchev–Trinajstić information content (AvgIpc) is 1.41.